The lowest BCUT2D eigenvalue weighted by Gasteiger charge is -2.13. The molecule has 1 aromatic rings. The van der Waals surface area contributed by atoms with Crippen LogP contribution in [0.4, 0.5) is 4.39 Å². The van der Waals surface area contributed by atoms with Gasteiger partial charge in [-0.3, -0.25) is 0 Å². The maximum Gasteiger partial charge on any atom is 0.264 e. The molecule has 0 aliphatic rings. The number of nitrogens with zero attached hydrogens (tertiary/aromatic N) is 1. The molecule has 0 saturated carbocycles. The lowest BCUT2D eigenvalue weighted by molar-refractivity contribution is 0.448. The third-order valence-electron chi connectivity index (χ3n) is 1.38. The average molecular weight is 199 g/mol. The van der Waals surface area contributed by atoms with Crippen LogP contribution in [0.2, 0.25) is 0 Å². The summed E-state index contributed by atoms with van der Waals surface area (Å²) in [6.07, 6.45) is 0. The maximum absolute atomic E-state index is 12.5. The highest BCUT2D eigenvalue weighted by molar-refractivity contribution is 7.80. The van der Waals surface area contributed by atoms with Crippen LogP contribution in [0, 0.1) is 5.82 Å². The molecule has 4 heteroatoms. The summed E-state index contributed by atoms with van der Waals surface area (Å²) in [6.45, 7) is 0. The van der Waals surface area contributed by atoms with Crippen molar-refractivity contribution in [3.63, 3.8) is 0 Å². The molecule has 0 saturated heterocycles. The quantitative estimate of drug-likeness (QED) is 0.642. The minimum atomic E-state index is -0.289. The highest BCUT2D eigenvalue weighted by Gasteiger charge is 2.01. The summed E-state index contributed by atoms with van der Waals surface area (Å²) in [4.78, 5) is 1.67. The second-order valence-corrected chi connectivity index (χ2v) is 3.07. The predicted molar refractivity (Wildman–Crippen MR) is 53.3 cm³/mol. The first kappa shape index (κ1) is 9.92. The molecule has 0 atom stereocenters. The largest absolute Gasteiger partial charge is 0.432 e. The van der Waals surface area contributed by atoms with E-state index < -0.39 is 0 Å². The van der Waals surface area contributed by atoms with Crippen LogP contribution in [-0.4, -0.2) is 24.2 Å². The molecule has 0 aliphatic heterocycles. The van der Waals surface area contributed by atoms with Crippen molar-refractivity contribution in [3.05, 3.63) is 30.1 Å². The number of ether oxygens (including phenoxy) is 1. The van der Waals surface area contributed by atoms with E-state index in [-0.39, 0.29) is 5.82 Å². The van der Waals surface area contributed by atoms with E-state index in [4.69, 9.17) is 17.0 Å². The van der Waals surface area contributed by atoms with Gasteiger partial charge in [-0.15, -0.1) is 0 Å². The number of hydrogen-bond donors (Lipinski definition) is 0. The van der Waals surface area contributed by atoms with Gasteiger partial charge in [0.2, 0.25) is 0 Å². The van der Waals surface area contributed by atoms with Crippen molar-refractivity contribution in [2.45, 2.75) is 0 Å². The zero-order valence-corrected chi connectivity index (χ0v) is 8.27. The van der Waals surface area contributed by atoms with Crippen molar-refractivity contribution in [2.24, 2.45) is 0 Å². The second-order valence-electron chi connectivity index (χ2n) is 2.72. The van der Waals surface area contributed by atoms with Gasteiger partial charge in [0.25, 0.3) is 5.17 Å². The van der Waals surface area contributed by atoms with Crippen LogP contribution in [0.3, 0.4) is 0 Å². The van der Waals surface area contributed by atoms with E-state index >= 15 is 0 Å². The summed E-state index contributed by atoms with van der Waals surface area (Å²) in [5.74, 6) is 0.253. The Bertz CT molecular complexity index is 297. The molecule has 0 unspecified atom stereocenters. The van der Waals surface area contributed by atoms with Crippen molar-refractivity contribution in [2.75, 3.05) is 14.1 Å². The van der Waals surface area contributed by atoms with E-state index in [1.807, 2.05) is 0 Å². The molecule has 1 rings (SSSR count). The molecule has 1 aromatic carbocycles. The van der Waals surface area contributed by atoms with Crippen molar-refractivity contribution in [3.8, 4) is 5.75 Å². The van der Waals surface area contributed by atoms with Gasteiger partial charge in [-0.1, -0.05) is 0 Å². The molecule has 0 aromatic heterocycles. The third-order valence-corrected chi connectivity index (χ3v) is 1.83. The molecule has 0 amide bonds. The summed E-state index contributed by atoms with van der Waals surface area (Å²) in [5, 5.41) is 0.353. The summed E-state index contributed by atoms with van der Waals surface area (Å²) in [6, 6.07) is 5.72. The first-order valence-electron chi connectivity index (χ1n) is 3.74. The molecule has 0 heterocycles. The number of hydrogen-bond acceptors (Lipinski definition) is 2. The van der Waals surface area contributed by atoms with Gasteiger partial charge in [0.05, 0.1) is 0 Å². The van der Waals surface area contributed by atoms with Crippen LogP contribution in [-0.2, 0) is 0 Å². The van der Waals surface area contributed by atoms with Gasteiger partial charge in [0.15, 0.2) is 0 Å². The first-order valence-corrected chi connectivity index (χ1v) is 4.15. The number of rotatable bonds is 1. The highest BCUT2D eigenvalue weighted by Crippen LogP contribution is 2.11. The predicted octanol–water partition coefficient (Wildman–Crippen LogP) is 2.05. The van der Waals surface area contributed by atoms with E-state index in [2.05, 4.69) is 0 Å². The molecule has 13 heavy (non-hydrogen) atoms. The fourth-order valence-corrected chi connectivity index (χ4v) is 0.791. The Morgan fingerprint density at radius 3 is 2.31 bits per heavy atom. The third kappa shape index (κ3) is 2.99. The van der Waals surface area contributed by atoms with Crippen molar-refractivity contribution >= 4 is 17.4 Å². The molecule has 70 valence electrons. The van der Waals surface area contributed by atoms with E-state index in [1.165, 1.54) is 24.3 Å². The van der Waals surface area contributed by atoms with Crippen molar-refractivity contribution in [1.82, 2.24) is 4.90 Å². The summed E-state index contributed by atoms with van der Waals surface area (Å²) in [5.41, 5.74) is 0. The van der Waals surface area contributed by atoms with Crippen molar-refractivity contribution in [1.29, 1.82) is 0 Å². The van der Waals surface area contributed by atoms with Gasteiger partial charge in [-0.05, 0) is 36.5 Å². The van der Waals surface area contributed by atoms with E-state index in [9.17, 15) is 4.39 Å². The highest BCUT2D eigenvalue weighted by atomic mass is 32.1. The molecule has 0 aliphatic carbocycles. The fraction of sp³-hybridized carbons (Fsp3) is 0.222. The minimum Gasteiger partial charge on any atom is -0.432 e. The molecular weight excluding hydrogens is 189 g/mol. The molecule has 0 radical (unpaired) electrons. The summed E-state index contributed by atoms with van der Waals surface area (Å²) in [7, 11) is 3.57. The number of thiocarbonyl (C=S) groups is 1. The van der Waals surface area contributed by atoms with E-state index in [0.29, 0.717) is 10.9 Å². The first-order chi connectivity index (χ1) is 6.09. The number of halogens is 1. The minimum absolute atomic E-state index is 0.289. The Morgan fingerprint density at radius 1 is 1.31 bits per heavy atom. The molecule has 0 bridgehead atoms. The Hall–Kier alpha value is -1.16. The Kier molecular flexibility index (Phi) is 3.19. The van der Waals surface area contributed by atoms with Crippen LogP contribution < -0.4 is 4.74 Å². The Labute approximate surface area is 81.9 Å². The van der Waals surface area contributed by atoms with Gasteiger partial charge in [0, 0.05) is 14.1 Å². The molecular formula is C9H10FNOS. The summed E-state index contributed by atoms with van der Waals surface area (Å²) >= 11 is 4.90. The van der Waals surface area contributed by atoms with Gasteiger partial charge in [-0.2, -0.15) is 0 Å². The van der Waals surface area contributed by atoms with Crippen LogP contribution in [0.5, 0.6) is 5.75 Å². The standard InChI is InChI=1S/C9H10FNOS/c1-11(2)9(13)12-8-5-3-7(10)4-6-8/h3-6H,1-2H3. The van der Waals surface area contributed by atoms with Crippen LogP contribution in [0.1, 0.15) is 0 Å². The lowest BCUT2D eigenvalue weighted by Crippen LogP contribution is -2.24. The zero-order valence-electron chi connectivity index (χ0n) is 7.45. The monoisotopic (exact) mass is 199 g/mol. The maximum atomic E-state index is 12.5. The lowest BCUT2D eigenvalue weighted by atomic mass is 10.3. The molecule has 0 N–H and O–H groups in total. The second kappa shape index (κ2) is 4.18. The fourth-order valence-electron chi connectivity index (χ4n) is 0.695. The Morgan fingerprint density at radius 2 is 1.85 bits per heavy atom. The molecule has 0 spiro atoms. The zero-order chi connectivity index (χ0) is 9.84. The molecule has 2 nitrogen and oxygen atoms in total. The van der Waals surface area contributed by atoms with Crippen LogP contribution in [0.15, 0.2) is 24.3 Å². The Balaban J connectivity index is 2.65. The van der Waals surface area contributed by atoms with Gasteiger partial charge >= 0.3 is 0 Å². The smallest absolute Gasteiger partial charge is 0.264 e. The topological polar surface area (TPSA) is 12.5 Å². The van der Waals surface area contributed by atoms with E-state index in [0.717, 1.165) is 0 Å². The SMILES string of the molecule is CN(C)C(=S)Oc1ccc(F)cc1. The van der Waals surface area contributed by atoms with Crippen LogP contribution in [0.25, 0.3) is 0 Å². The van der Waals surface area contributed by atoms with Gasteiger partial charge < -0.3 is 9.64 Å². The van der Waals surface area contributed by atoms with Gasteiger partial charge in [-0.25, -0.2) is 4.39 Å². The van der Waals surface area contributed by atoms with Crippen molar-refractivity contribution < 1.29 is 9.13 Å². The number of benzene rings is 1. The molecule has 0 fully saturated rings. The van der Waals surface area contributed by atoms with Crippen LogP contribution >= 0.6 is 12.2 Å². The van der Waals surface area contributed by atoms with E-state index in [1.54, 1.807) is 19.0 Å². The average Bonchev–Trinajstić information content (AvgIpc) is 2.08. The normalized spacial score (nSPS) is 9.46. The van der Waals surface area contributed by atoms with Gasteiger partial charge in [0.1, 0.15) is 11.6 Å². The summed E-state index contributed by atoms with van der Waals surface area (Å²) < 4.78 is 17.7.